The first-order valence-corrected chi connectivity index (χ1v) is 27.8. The van der Waals surface area contributed by atoms with Crippen LogP contribution in [-0.4, -0.2) is 124 Å². The molecular formula is C55H92O13. The maximum atomic E-state index is 13.0. The molecule has 0 aromatic rings. The summed E-state index contributed by atoms with van der Waals surface area (Å²) in [7, 11) is 0. The second-order valence-corrected chi connectivity index (χ2v) is 23.8. The van der Waals surface area contributed by atoms with Crippen LogP contribution in [0.4, 0.5) is 0 Å². The van der Waals surface area contributed by atoms with E-state index >= 15 is 0 Å². The van der Waals surface area contributed by atoms with Crippen LogP contribution in [0.25, 0.3) is 0 Å². The monoisotopic (exact) mass is 961 g/mol. The molecule has 7 fully saturated rings. The molecule has 1 spiro atoms. The highest BCUT2D eigenvalue weighted by molar-refractivity contribution is 5.69. The lowest BCUT2D eigenvalue weighted by Crippen LogP contribution is -2.64. The second kappa shape index (κ2) is 22.9. The molecule has 4 aliphatic carbocycles. The molecule has 0 aromatic carbocycles. The molecule has 8 aliphatic rings. The fraction of sp³-hybridized carbons (Fsp3) is 0.945. The standard InChI is InChI=1S/C55H92O13/c1-7-8-9-10-11-12-13-14-15-16-17-18-19-20-43(56)62-32-42-46(58)50(67-51-48(60)47(59)45(57)35(4)64-51)49(61)52(66-42)65-37-24-26-53(5)36(29-37)21-22-38-39(53)25-27-54(6)40(38)30-41-44(54)34(3)55(68-41)28-23-33(2)31-63-55/h21,33-35,37-42,44-52,57-61H,7-20,22-32H2,1-6H3/t33-,34+,35+,37+,38-,39+,40+,41+,42-,44+,45+,46+,47-,48-,49-,50+,51+,52-,53+,54+,55-/m1/s1. The van der Waals surface area contributed by atoms with Crippen LogP contribution in [-0.2, 0) is 38.0 Å². The van der Waals surface area contributed by atoms with Crippen LogP contribution in [0.5, 0.6) is 0 Å². The fourth-order valence-corrected chi connectivity index (χ4v) is 15.1. The number of hydrogen-bond acceptors (Lipinski definition) is 13. The minimum Gasteiger partial charge on any atom is -0.463 e. The van der Waals surface area contributed by atoms with Crippen molar-refractivity contribution >= 4 is 5.97 Å². The number of carbonyl (C=O) groups is 1. The molecule has 5 N–H and O–H groups in total. The molecular weight excluding hydrogens is 869 g/mol. The van der Waals surface area contributed by atoms with E-state index in [0.717, 1.165) is 58.0 Å². The lowest BCUT2D eigenvalue weighted by atomic mass is 9.47. The van der Waals surface area contributed by atoms with E-state index < -0.39 is 73.2 Å². The first-order chi connectivity index (χ1) is 32.6. The summed E-state index contributed by atoms with van der Waals surface area (Å²) >= 11 is 0. The molecule has 3 saturated carbocycles. The molecule has 0 unspecified atom stereocenters. The van der Waals surface area contributed by atoms with E-state index in [1.807, 2.05) is 0 Å². The van der Waals surface area contributed by atoms with Gasteiger partial charge in [0, 0.05) is 18.8 Å². The Morgan fingerprint density at radius 1 is 0.735 bits per heavy atom. The van der Waals surface area contributed by atoms with Crippen LogP contribution in [0.15, 0.2) is 11.6 Å². The van der Waals surface area contributed by atoms with Crippen molar-refractivity contribution in [1.82, 2.24) is 0 Å². The lowest BCUT2D eigenvalue weighted by molar-refractivity contribution is -0.361. The van der Waals surface area contributed by atoms with Crippen LogP contribution in [0.1, 0.15) is 189 Å². The number of aliphatic hydroxyl groups is 5. The van der Waals surface area contributed by atoms with Crippen molar-refractivity contribution in [3.8, 4) is 0 Å². The summed E-state index contributed by atoms with van der Waals surface area (Å²) in [5.74, 6) is 2.46. The molecule has 0 amide bonds. The highest BCUT2D eigenvalue weighted by Crippen LogP contribution is 2.70. The summed E-state index contributed by atoms with van der Waals surface area (Å²) in [4.78, 5) is 13.0. The molecule has 13 nitrogen and oxygen atoms in total. The Balaban J connectivity index is 0.859. The third-order valence-electron chi connectivity index (χ3n) is 19.3. The summed E-state index contributed by atoms with van der Waals surface area (Å²) in [5.41, 5.74) is 1.67. The van der Waals surface area contributed by atoms with Crippen molar-refractivity contribution in [2.24, 2.45) is 46.3 Å². The van der Waals surface area contributed by atoms with E-state index in [9.17, 15) is 30.3 Å². The zero-order valence-corrected chi connectivity index (χ0v) is 42.6. The predicted molar refractivity (Wildman–Crippen MR) is 256 cm³/mol. The molecule has 21 atom stereocenters. The maximum absolute atomic E-state index is 13.0. The quantitative estimate of drug-likeness (QED) is 0.0446. The van der Waals surface area contributed by atoms with Gasteiger partial charge in [-0.25, -0.2) is 0 Å². The Bertz CT molecular complexity index is 1650. The molecule has 8 rings (SSSR count). The molecule has 4 saturated heterocycles. The second-order valence-electron chi connectivity index (χ2n) is 23.8. The van der Waals surface area contributed by atoms with Gasteiger partial charge in [0.05, 0.1) is 24.9 Å². The van der Waals surface area contributed by atoms with Gasteiger partial charge in [0.1, 0.15) is 49.3 Å². The van der Waals surface area contributed by atoms with E-state index in [1.165, 1.54) is 82.6 Å². The van der Waals surface area contributed by atoms with Gasteiger partial charge >= 0.3 is 5.97 Å². The van der Waals surface area contributed by atoms with Crippen molar-refractivity contribution in [3.63, 3.8) is 0 Å². The smallest absolute Gasteiger partial charge is 0.305 e. The summed E-state index contributed by atoms with van der Waals surface area (Å²) in [6, 6.07) is 0. The van der Waals surface area contributed by atoms with Gasteiger partial charge in [-0.3, -0.25) is 4.79 Å². The maximum Gasteiger partial charge on any atom is 0.305 e. The number of esters is 1. The van der Waals surface area contributed by atoms with Gasteiger partial charge in [0.25, 0.3) is 0 Å². The number of hydrogen-bond donors (Lipinski definition) is 5. The molecule has 4 heterocycles. The Labute approximate surface area is 408 Å². The van der Waals surface area contributed by atoms with Crippen molar-refractivity contribution in [1.29, 1.82) is 0 Å². The molecule has 0 aromatic heterocycles. The molecule has 13 heteroatoms. The first kappa shape index (κ1) is 53.1. The van der Waals surface area contributed by atoms with Gasteiger partial charge in [-0.2, -0.15) is 0 Å². The SMILES string of the molecule is CCCCCCCCCCCCCCCC(=O)OC[C@H]1O[C@@H](O[C@H]2CC[C@@]3(C)C(=CC[C@H]4[C@@H]5C[C@@H]6O[C@]7(CC[C@@H](C)CO7)[C@@H](C)[C@@H]6[C@@]5(C)CC[C@@H]43)C2)[C@H](O)[C@@H](O[C@@H]2O[C@@H](C)[C@H](O)[C@@H](O)[C@H]2O)[C@H]1O. The number of aliphatic hydroxyl groups excluding tert-OH is 5. The molecule has 390 valence electrons. The van der Waals surface area contributed by atoms with E-state index in [2.05, 4.69) is 40.7 Å². The fourth-order valence-electron chi connectivity index (χ4n) is 15.1. The highest BCUT2D eigenvalue weighted by atomic mass is 16.7. The van der Waals surface area contributed by atoms with Gasteiger partial charge < -0.3 is 58.7 Å². The van der Waals surface area contributed by atoms with Gasteiger partial charge in [-0.05, 0) is 105 Å². The van der Waals surface area contributed by atoms with Crippen LogP contribution < -0.4 is 0 Å². The Hall–Kier alpha value is -1.23. The Morgan fingerprint density at radius 3 is 2.09 bits per heavy atom. The van der Waals surface area contributed by atoms with Crippen LogP contribution in [0, 0.1) is 46.3 Å². The zero-order valence-electron chi connectivity index (χ0n) is 42.6. The van der Waals surface area contributed by atoms with E-state index in [1.54, 1.807) is 6.92 Å². The van der Waals surface area contributed by atoms with Crippen molar-refractivity contribution in [2.75, 3.05) is 13.2 Å². The lowest BCUT2D eigenvalue weighted by Gasteiger charge is -2.58. The Kier molecular flexibility index (Phi) is 17.9. The van der Waals surface area contributed by atoms with Gasteiger partial charge in [-0.15, -0.1) is 0 Å². The van der Waals surface area contributed by atoms with Crippen LogP contribution in [0.3, 0.4) is 0 Å². The molecule has 4 aliphatic heterocycles. The average molecular weight is 961 g/mol. The predicted octanol–water partition coefficient (Wildman–Crippen LogP) is 8.42. The first-order valence-electron chi connectivity index (χ1n) is 27.8. The molecule has 0 bridgehead atoms. The van der Waals surface area contributed by atoms with E-state index in [0.29, 0.717) is 48.3 Å². The van der Waals surface area contributed by atoms with Crippen LogP contribution >= 0.6 is 0 Å². The average Bonchev–Trinajstić information content (AvgIpc) is 3.77. The highest BCUT2D eigenvalue weighted by Gasteiger charge is 2.69. The number of fused-ring (bicyclic) bond motifs is 7. The van der Waals surface area contributed by atoms with Crippen molar-refractivity contribution < 1.29 is 63.5 Å². The third kappa shape index (κ3) is 11.0. The summed E-state index contributed by atoms with van der Waals surface area (Å²) in [6.07, 6.45) is 13.8. The zero-order chi connectivity index (χ0) is 48.4. The normalized spacial score (nSPS) is 46.7. The van der Waals surface area contributed by atoms with Gasteiger partial charge in [0.2, 0.25) is 0 Å². The number of carbonyl (C=O) groups excluding carboxylic acids is 1. The number of allylic oxidation sites excluding steroid dienone is 1. The number of rotatable bonds is 20. The summed E-state index contributed by atoms with van der Waals surface area (Å²) in [5, 5.41) is 55.2. The van der Waals surface area contributed by atoms with E-state index in [-0.39, 0.29) is 36.1 Å². The molecule has 68 heavy (non-hydrogen) atoms. The van der Waals surface area contributed by atoms with Gasteiger partial charge in [-0.1, -0.05) is 123 Å². The van der Waals surface area contributed by atoms with E-state index in [4.69, 9.17) is 33.2 Å². The van der Waals surface area contributed by atoms with Crippen molar-refractivity contribution in [3.05, 3.63) is 11.6 Å². The molecule has 0 radical (unpaired) electrons. The number of unbranched alkanes of at least 4 members (excludes halogenated alkanes) is 12. The minimum atomic E-state index is -1.65. The summed E-state index contributed by atoms with van der Waals surface area (Å²) < 4.78 is 44.0. The largest absolute Gasteiger partial charge is 0.463 e. The van der Waals surface area contributed by atoms with Crippen molar-refractivity contribution in [2.45, 2.75) is 269 Å². The summed E-state index contributed by atoms with van der Waals surface area (Å²) in [6.45, 7) is 14.0. The number of ether oxygens (including phenoxy) is 7. The third-order valence-corrected chi connectivity index (χ3v) is 19.3. The minimum absolute atomic E-state index is 0.0343. The topological polar surface area (TPSA) is 183 Å². The van der Waals surface area contributed by atoms with Crippen LogP contribution in [0.2, 0.25) is 0 Å². The Morgan fingerprint density at radius 2 is 1.41 bits per heavy atom. The van der Waals surface area contributed by atoms with Gasteiger partial charge in [0.15, 0.2) is 18.4 Å².